The molecule has 1 aromatic carbocycles. The molecule has 0 saturated carbocycles. The fourth-order valence-corrected chi connectivity index (χ4v) is 4.92. The number of ether oxygens (including phenoxy) is 1. The summed E-state index contributed by atoms with van der Waals surface area (Å²) in [6.45, 7) is 2.45. The molecule has 1 unspecified atom stereocenters. The first-order chi connectivity index (χ1) is 17.2. The average molecular weight is 491 g/mol. The van der Waals surface area contributed by atoms with E-state index >= 15 is 0 Å². The third kappa shape index (κ3) is 4.85. The summed E-state index contributed by atoms with van der Waals surface area (Å²) in [6.07, 6.45) is 10.2. The second-order valence-electron chi connectivity index (χ2n) is 8.55. The Morgan fingerprint density at radius 2 is 1.89 bits per heavy atom. The van der Waals surface area contributed by atoms with E-state index in [9.17, 15) is 4.79 Å². The highest BCUT2D eigenvalue weighted by molar-refractivity contribution is 6.30. The van der Waals surface area contributed by atoms with E-state index in [4.69, 9.17) is 16.3 Å². The number of nitrogens with one attached hydrogen (secondary N) is 1. The summed E-state index contributed by atoms with van der Waals surface area (Å²) >= 11 is 6.30. The lowest BCUT2D eigenvalue weighted by atomic mass is 10.0. The number of piperidine rings is 1. The maximum absolute atomic E-state index is 13.6. The number of hydrogen-bond acceptors (Lipinski definition) is 6. The van der Waals surface area contributed by atoms with E-state index < -0.39 is 0 Å². The standard InChI is InChI=1S/C26H27ClN6O2/c1-35-22-9-12-28-24-23(22)20(17-33(24)26-29-10-6-11-30-26)25(34)31-16-21(32-13-3-2-4-14-32)18-7-5-8-19(27)15-18/h5-12,15,17,21H,2-4,13-14,16H2,1H3,(H,31,34). The van der Waals surface area contributed by atoms with Gasteiger partial charge in [0.05, 0.1) is 24.1 Å². The first-order valence-electron chi connectivity index (χ1n) is 11.7. The number of benzene rings is 1. The number of likely N-dealkylation sites (tertiary alicyclic amines) is 1. The van der Waals surface area contributed by atoms with Gasteiger partial charge in [0, 0.05) is 36.4 Å². The van der Waals surface area contributed by atoms with Crippen molar-refractivity contribution in [1.82, 2.24) is 29.7 Å². The zero-order valence-corrected chi connectivity index (χ0v) is 20.3. The number of halogens is 1. The number of carbonyl (C=O) groups is 1. The number of fused-ring (bicyclic) bond motifs is 1. The zero-order valence-electron chi connectivity index (χ0n) is 19.5. The quantitative estimate of drug-likeness (QED) is 0.412. The summed E-state index contributed by atoms with van der Waals surface area (Å²) in [5, 5.41) is 4.48. The fraction of sp³-hybridized carbons (Fsp3) is 0.308. The van der Waals surface area contributed by atoms with Crippen LogP contribution < -0.4 is 10.1 Å². The van der Waals surface area contributed by atoms with E-state index in [0.717, 1.165) is 31.5 Å². The molecule has 8 nitrogen and oxygen atoms in total. The van der Waals surface area contributed by atoms with E-state index in [1.54, 1.807) is 48.6 Å². The molecule has 180 valence electrons. The van der Waals surface area contributed by atoms with Crippen LogP contribution in [-0.2, 0) is 0 Å². The summed E-state index contributed by atoms with van der Waals surface area (Å²) in [4.78, 5) is 29.1. The molecule has 1 aliphatic rings. The average Bonchev–Trinajstić information content (AvgIpc) is 3.30. The molecule has 1 atom stereocenters. The first kappa shape index (κ1) is 23.3. The second kappa shape index (κ2) is 10.4. The number of rotatable bonds is 7. The normalized spacial score (nSPS) is 15.1. The maximum atomic E-state index is 13.6. The highest BCUT2D eigenvalue weighted by atomic mass is 35.5. The summed E-state index contributed by atoms with van der Waals surface area (Å²) in [5.41, 5.74) is 2.11. The Labute approximate surface area is 208 Å². The van der Waals surface area contributed by atoms with Crippen molar-refractivity contribution in [3.05, 3.63) is 77.3 Å². The summed E-state index contributed by atoms with van der Waals surface area (Å²) in [6, 6.07) is 11.4. The van der Waals surface area contributed by atoms with Gasteiger partial charge in [0.2, 0.25) is 5.95 Å². The van der Waals surface area contributed by atoms with Crippen molar-refractivity contribution in [2.75, 3.05) is 26.7 Å². The van der Waals surface area contributed by atoms with E-state index in [0.29, 0.717) is 39.9 Å². The second-order valence-corrected chi connectivity index (χ2v) is 8.99. The van der Waals surface area contributed by atoms with Crippen LogP contribution >= 0.6 is 11.6 Å². The Balaban J connectivity index is 1.47. The van der Waals surface area contributed by atoms with Crippen LogP contribution in [0, 0.1) is 0 Å². The van der Waals surface area contributed by atoms with Crippen molar-refractivity contribution in [1.29, 1.82) is 0 Å². The van der Waals surface area contributed by atoms with Crippen LogP contribution in [0.25, 0.3) is 17.0 Å². The van der Waals surface area contributed by atoms with Gasteiger partial charge >= 0.3 is 0 Å². The SMILES string of the molecule is COc1ccnc2c1c(C(=O)NCC(c1cccc(Cl)c1)N1CCCCC1)cn2-c1ncccn1. The topological polar surface area (TPSA) is 85.2 Å². The van der Waals surface area contributed by atoms with Crippen LogP contribution in [0.15, 0.2) is 61.2 Å². The first-order valence-corrected chi connectivity index (χ1v) is 12.1. The van der Waals surface area contributed by atoms with Gasteiger partial charge in [-0.1, -0.05) is 30.2 Å². The molecule has 0 bridgehead atoms. The van der Waals surface area contributed by atoms with E-state index in [1.165, 1.54) is 6.42 Å². The lowest BCUT2D eigenvalue weighted by molar-refractivity contribution is 0.0926. The molecule has 0 aliphatic carbocycles. The molecule has 5 rings (SSSR count). The third-order valence-electron chi connectivity index (χ3n) is 6.40. The van der Waals surface area contributed by atoms with Gasteiger partial charge in [-0.15, -0.1) is 0 Å². The monoisotopic (exact) mass is 490 g/mol. The Kier molecular flexibility index (Phi) is 6.92. The Morgan fingerprint density at radius 1 is 1.09 bits per heavy atom. The summed E-state index contributed by atoms with van der Waals surface area (Å²) in [5.74, 6) is 0.791. The van der Waals surface area contributed by atoms with Gasteiger partial charge in [0.1, 0.15) is 5.75 Å². The van der Waals surface area contributed by atoms with Gasteiger partial charge in [-0.25, -0.2) is 15.0 Å². The molecule has 1 amide bonds. The Bertz CT molecular complexity index is 1320. The molecule has 0 spiro atoms. The van der Waals surface area contributed by atoms with Crippen LogP contribution in [0.5, 0.6) is 5.75 Å². The Hall–Kier alpha value is -3.49. The third-order valence-corrected chi connectivity index (χ3v) is 6.64. The summed E-state index contributed by atoms with van der Waals surface area (Å²) in [7, 11) is 1.58. The zero-order chi connectivity index (χ0) is 24.2. The molecule has 0 radical (unpaired) electrons. The molecule has 1 saturated heterocycles. The lowest BCUT2D eigenvalue weighted by Crippen LogP contribution is -2.40. The van der Waals surface area contributed by atoms with Gasteiger partial charge in [0.15, 0.2) is 5.65 Å². The number of methoxy groups -OCH3 is 1. The summed E-state index contributed by atoms with van der Waals surface area (Å²) < 4.78 is 7.29. The molecule has 1 aliphatic heterocycles. The minimum atomic E-state index is -0.208. The highest BCUT2D eigenvalue weighted by Crippen LogP contribution is 2.31. The van der Waals surface area contributed by atoms with Crippen molar-refractivity contribution in [3.63, 3.8) is 0 Å². The largest absolute Gasteiger partial charge is 0.496 e. The van der Waals surface area contributed by atoms with Gasteiger partial charge < -0.3 is 10.1 Å². The van der Waals surface area contributed by atoms with Gasteiger partial charge in [-0.3, -0.25) is 14.3 Å². The minimum Gasteiger partial charge on any atom is -0.496 e. The predicted molar refractivity (Wildman–Crippen MR) is 135 cm³/mol. The maximum Gasteiger partial charge on any atom is 0.253 e. The number of nitrogens with zero attached hydrogens (tertiary/aromatic N) is 5. The van der Waals surface area contributed by atoms with Crippen molar-refractivity contribution < 1.29 is 9.53 Å². The van der Waals surface area contributed by atoms with Crippen LogP contribution in [-0.4, -0.2) is 57.1 Å². The van der Waals surface area contributed by atoms with Gasteiger partial charge in [-0.2, -0.15) is 0 Å². The van der Waals surface area contributed by atoms with E-state index in [1.807, 2.05) is 18.2 Å². The number of hydrogen-bond donors (Lipinski definition) is 1. The van der Waals surface area contributed by atoms with Crippen LogP contribution in [0.2, 0.25) is 5.02 Å². The molecule has 35 heavy (non-hydrogen) atoms. The molecule has 1 fully saturated rings. The van der Waals surface area contributed by atoms with Crippen LogP contribution in [0.3, 0.4) is 0 Å². The molecule has 3 aromatic heterocycles. The van der Waals surface area contributed by atoms with Crippen LogP contribution in [0.4, 0.5) is 0 Å². The molecule has 4 heterocycles. The van der Waals surface area contributed by atoms with Crippen molar-refractivity contribution in [3.8, 4) is 11.7 Å². The van der Waals surface area contributed by atoms with E-state index in [-0.39, 0.29) is 11.9 Å². The lowest BCUT2D eigenvalue weighted by Gasteiger charge is -2.35. The molecule has 4 aromatic rings. The molecule has 1 N–H and O–H groups in total. The van der Waals surface area contributed by atoms with Crippen LogP contribution in [0.1, 0.15) is 41.2 Å². The van der Waals surface area contributed by atoms with Crippen molar-refractivity contribution in [2.45, 2.75) is 25.3 Å². The number of aromatic nitrogens is 4. The minimum absolute atomic E-state index is 0.0313. The number of amides is 1. The van der Waals surface area contributed by atoms with Gasteiger partial charge in [-0.05, 0) is 55.8 Å². The smallest absolute Gasteiger partial charge is 0.253 e. The molecular weight excluding hydrogens is 464 g/mol. The number of pyridine rings is 1. The molecule has 9 heteroatoms. The fourth-order valence-electron chi connectivity index (χ4n) is 4.72. The van der Waals surface area contributed by atoms with Crippen molar-refractivity contribution >= 4 is 28.5 Å². The highest BCUT2D eigenvalue weighted by Gasteiger charge is 2.25. The predicted octanol–water partition coefficient (Wildman–Crippen LogP) is 4.43. The Morgan fingerprint density at radius 3 is 2.63 bits per heavy atom. The van der Waals surface area contributed by atoms with Gasteiger partial charge in [0.25, 0.3) is 5.91 Å². The van der Waals surface area contributed by atoms with E-state index in [2.05, 4.69) is 31.2 Å². The molecular formula is C26H27ClN6O2. The number of carbonyl (C=O) groups excluding carboxylic acids is 1. The van der Waals surface area contributed by atoms with Crippen molar-refractivity contribution in [2.24, 2.45) is 0 Å².